The van der Waals surface area contributed by atoms with Gasteiger partial charge in [-0.2, -0.15) is 4.31 Å². The Hall–Kier alpha value is -0.430. The molecule has 0 bridgehead atoms. The number of hydrogen-bond acceptors (Lipinski definition) is 4. The van der Waals surface area contributed by atoms with Gasteiger partial charge in [0.25, 0.3) is 10.0 Å². The molecule has 2 N–H and O–H groups in total. The molecule has 6 heteroatoms. The maximum absolute atomic E-state index is 12.6. The van der Waals surface area contributed by atoms with Gasteiger partial charge in [-0.3, -0.25) is 0 Å². The maximum Gasteiger partial charge on any atom is 0.252 e. The molecule has 2 rings (SSSR count). The van der Waals surface area contributed by atoms with E-state index in [4.69, 9.17) is 5.73 Å². The van der Waals surface area contributed by atoms with Crippen LogP contribution in [0.3, 0.4) is 0 Å². The molecule has 1 aliphatic rings. The zero-order valence-corrected chi connectivity index (χ0v) is 12.4. The van der Waals surface area contributed by atoms with Crippen LogP contribution in [0.2, 0.25) is 0 Å². The molecule has 2 unspecified atom stereocenters. The second-order valence-electron chi connectivity index (χ2n) is 5.03. The normalized spacial score (nSPS) is 26.4. The predicted octanol–water partition coefficient (Wildman–Crippen LogP) is 2.02. The van der Waals surface area contributed by atoms with Crippen molar-refractivity contribution < 1.29 is 8.42 Å². The van der Waals surface area contributed by atoms with Crippen molar-refractivity contribution in [2.75, 3.05) is 6.54 Å². The van der Waals surface area contributed by atoms with Crippen molar-refractivity contribution in [3.05, 3.63) is 17.0 Å². The van der Waals surface area contributed by atoms with Gasteiger partial charge in [0.1, 0.15) is 4.21 Å². The van der Waals surface area contributed by atoms with Crippen molar-refractivity contribution in [3.8, 4) is 0 Å². The summed E-state index contributed by atoms with van der Waals surface area (Å²) in [5.41, 5.74) is 5.54. The lowest BCUT2D eigenvalue weighted by Gasteiger charge is -2.35. The predicted molar refractivity (Wildman–Crippen MR) is 74.0 cm³/mol. The molecule has 1 aromatic heterocycles. The minimum absolute atomic E-state index is 0.0922. The Balaban J connectivity index is 2.29. The largest absolute Gasteiger partial charge is 0.326 e. The van der Waals surface area contributed by atoms with E-state index in [0.717, 1.165) is 17.7 Å². The average molecular weight is 288 g/mol. The zero-order chi connectivity index (χ0) is 13.3. The molecule has 0 aromatic carbocycles. The fourth-order valence-electron chi connectivity index (χ4n) is 2.31. The number of nitrogens with zero attached hydrogens (tertiary/aromatic N) is 1. The van der Waals surface area contributed by atoms with Gasteiger partial charge in [0, 0.05) is 24.0 Å². The maximum atomic E-state index is 12.6. The SMILES string of the molecule is CC1CCC(C)N(S(=O)(=O)c2ccc(CN)s2)C1. The molecular weight excluding hydrogens is 268 g/mol. The molecule has 102 valence electrons. The lowest BCUT2D eigenvalue weighted by atomic mass is 9.97. The second-order valence-corrected chi connectivity index (χ2v) is 8.32. The Morgan fingerprint density at radius 2 is 2.11 bits per heavy atom. The summed E-state index contributed by atoms with van der Waals surface area (Å²) in [6.07, 6.45) is 2.04. The fraction of sp³-hybridized carbons (Fsp3) is 0.667. The fourth-order valence-corrected chi connectivity index (χ4v) is 5.45. The molecule has 0 amide bonds. The van der Waals surface area contributed by atoms with Crippen LogP contribution in [0.5, 0.6) is 0 Å². The highest BCUT2D eigenvalue weighted by atomic mass is 32.2. The van der Waals surface area contributed by atoms with Gasteiger partial charge < -0.3 is 5.73 Å². The molecule has 18 heavy (non-hydrogen) atoms. The monoisotopic (exact) mass is 288 g/mol. The van der Waals surface area contributed by atoms with Crippen molar-refractivity contribution in [3.63, 3.8) is 0 Å². The minimum atomic E-state index is -3.34. The van der Waals surface area contributed by atoms with Crippen LogP contribution < -0.4 is 5.73 Å². The third-order valence-corrected chi connectivity index (χ3v) is 7.02. The standard InChI is InChI=1S/C12H20N2O2S2/c1-9-3-4-10(2)14(8-9)18(15,16)12-6-5-11(7-13)17-12/h5-6,9-10H,3-4,7-8,13H2,1-2H3. The Morgan fingerprint density at radius 1 is 1.39 bits per heavy atom. The molecule has 1 aromatic rings. The highest BCUT2D eigenvalue weighted by Gasteiger charge is 2.34. The molecule has 0 saturated carbocycles. The van der Waals surface area contributed by atoms with E-state index in [1.807, 2.05) is 6.92 Å². The molecule has 2 atom stereocenters. The van der Waals surface area contributed by atoms with E-state index in [0.29, 0.717) is 23.2 Å². The van der Waals surface area contributed by atoms with Gasteiger partial charge in [-0.15, -0.1) is 11.3 Å². The quantitative estimate of drug-likeness (QED) is 0.925. The van der Waals surface area contributed by atoms with E-state index < -0.39 is 10.0 Å². The van der Waals surface area contributed by atoms with Gasteiger partial charge in [-0.25, -0.2) is 8.42 Å². The number of piperidine rings is 1. The molecule has 1 fully saturated rings. The third kappa shape index (κ3) is 2.61. The van der Waals surface area contributed by atoms with E-state index in [1.165, 1.54) is 11.3 Å². The van der Waals surface area contributed by atoms with Crippen LogP contribution in [0.25, 0.3) is 0 Å². The molecule has 0 spiro atoms. The van der Waals surface area contributed by atoms with Crippen LogP contribution in [0.1, 0.15) is 31.6 Å². The summed E-state index contributed by atoms with van der Waals surface area (Å²) in [6.45, 7) is 5.11. The molecule has 1 aliphatic heterocycles. The van der Waals surface area contributed by atoms with Crippen molar-refractivity contribution in [1.82, 2.24) is 4.31 Å². The number of rotatable bonds is 3. The molecule has 4 nitrogen and oxygen atoms in total. The van der Waals surface area contributed by atoms with Crippen LogP contribution in [0.15, 0.2) is 16.3 Å². The van der Waals surface area contributed by atoms with E-state index in [1.54, 1.807) is 16.4 Å². The summed E-state index contributed by atoms with van der Waals surface area (Å²) in [6, 6.07) is 3.57. The summed E-state index contributed by atoms with van der Waals surface area (Å²) in [5, 5.41) is 0. The van der Waals surface area contributed by atoms with Gasteiger partial charge in [0.15, 0.2) is 0 Å². The minimum Gasteiger partial charge on any atom is -0.326 e. The van der Waals surface area contributed by atoms with Crippen molar-refractivity contribution in [2.24, 2.45) is 11.7 Å². The van der Waals surface area contributed by atoms with Gasteiger partial charge in [-0.1, -0.05) is 6.92 Å². The molecular formula is C12H20N2O2S2. The number of nitrogens with two attached hydrogens (primary N) is 1. The van der Waals surface area contributed by atoms with Crippen molar-refractivity contribution >= 4 is 21.4 Å². The van der Waals surface area contributed by atoms with Crippen LogP contribution in [-0.4, -0.2) is 25.3 Å². The Kier molecular flexibility index (Phi) is 4.11. The summed E-state index contributed by atoms with van der Waals surface area (Å²) in [4.78, 5) is 0.909. The van der Waals surface area contributed by atoms with Crippen molar-refractivity contribution in [1.29, 1.82) is 0 Å². The number of thiophene rings is 1. The summed E-state index contributed by atoms with van der Waals surface area (Å²) in [7, 11) is -3.34. The Bertz CT molecular complexity index is 510. The number of sulfonamides is 1. The molecule has 0 radical (unpaired) electrons. The highest BCUT2D eigenvalue weighted by Crippen LogP contribution is 2.31. The topological polar surface area (TPSA) is 63.4 Å². The van der Waals surface area contributed by atoms with Gasteiger partial charge in [0.2, 0.25) is 0 Å². The van der Waals surface area contributed by atoms with Crippen molar-refractivity contribution in [2.45, 2.75) is 43.5 Å². The van der Waals surface area contributed by atoms with Gasteiger partial charge in [0.05, 0.1) is 0 Å². The van der Waals surface area contributed by atoms with Crippen LogP contribution in [-0.2, 0) is 16.6 Å². The Labute approximate surface area is 113 Å². The highest BCUT2D eigenvalue weighted by molar-refractivity contribution is 7.91. The van der Waals surface area contributed by atoms with Crippen LogP contribution >= 0.6 is 11.3 Å². The second kappa shape index (κ2) is 5.28. The first-order chi connectivity index (χ1) is 8.45. The van der Waals surface area contributed by atoms with E-state index in [-0.39, 0.29) is 6.04 Å². The first kappa shape index (κ1) is 14.0. The average Bonchev–Trinajstić information content (AvgIpc) is 2.81. The first-order valence-corrected chi connectivity index (χ1v) is 8.51. The Morgan fingerprint density at radius 3 is 2.72 bits per heavy atom. The summed E-state index contributed by atoms with van der Waals surface area (Å²) >= 11 is 1.28. The number of hydrogen-bond donors (Lipinski definition) is 1. The van der Waals surface area contributed by atoms with E-state index in [2.05, 4.69) is 6.92 Å². The van der Waals surface area contributed by atoms with E-state index >= 15 is 0 Å². The van der Waals surface area contributed by atoms with Crippen LogP contribution in [0, 0.1) is 5.92 Å². The van der Waals surface area contributed by atoms with E-state index in [9.17, 15) is 8.42 Å². The molecule has 0 aliphatic carbocycles. The molecule has 1 saturated heterocycles. The summed E-state index contributed by atoms with van der Waals surface area (Å²) < 4.78 is 27.2. The van der Waals surface area contributed by atoms with Crippen LogP contribution in [0.4, 0.5) is 0 Å². The lowest BCUT2D eigenvalue weighted by Crippen LogP contribution is -2.44. The first-order valence-electron chi connectivity index (χ1n) is 6.25. The third-order valence-electron chi connectivity index (χ3n) is 3.46. The van der Waals surface area contributed by atoms with Gasteiger partial charge in [-0.05, 0) is 37.8 Å². The molecule has 2 heterocycles. The smallest absolute Gasteiger partial charge is 0.252 e. The summed E-state index contributed by atoms with van der Waals surface area (Å²) in [5.74, 6) is 0.435. The zero-order valence-electron chi connectivity index (χ0n) is 10.8. The lowest BCUT2D eigenvalue weighted by molar-refractivity contribution is 0.218. The van der Waals surface area contributed by atoms with Gasteiger partial charge >= 0.3 is 0 Å².